The number of fused-ring (bicyclic) bond motifs is 1. The maximum absolute atomic E-state index is 12.8. The van der Waals surface area contributed by atoms with Crippen molar-refractivity contribution >= 4 is 12.4 Å². The summed E-state index contributed by atoms with van der Waals surface area (Å²) in [6.07, 6.45) is -0.456. The minimum Gasteiger partial charge on any atom is -0.396 e. The highest BCUT2D eigenvalue weighted by Gasteiger charge is 2.45. The van der Waals surface area contributed by atoms with Crippen LogP contribution in [-0.2, 0) is 14.3 Å². The van der Waals surface area contributed by atoms with Crippen LogP contribution in [0, 0.1) is 0 Å². The van der Waals surface area contributed by atoms with Gasteiger partial charge in [0.05, 0.1) is 6.54 Å². The van der Waals surface area contributed by atoms with Gasteiger partial charge in [0.2, 0.25) is 6.41 Å². The summed E-state index contributed by atoms with van der Waals surface area (Å²) in [5.41, 5.74) is 0. The monoisotopic (exact) mass is 245 g/mol. The van der Waals surface area contributed by atoms with Crippen molar-refractivity contribution in [3.05, 3.63) is 23.7 Å². The molecule has 2 rings (SSSR count). The summed E-state index contributed by atoms with van der Waals surface area (Å²) in [5.74, 6) is 0.137. The van der Waals surface area contributed by atoms with E-state index in [0.717, 1.165) is 0 Å². The molecule has 0 radical (unpaired) electrons. The molecule has 0 unspecified atom stereocenters. The Morgan fingerprint density at radius 3 is 2.82 bits per heavy atom. The van der Waals surface area contributed by atoms with Gasteiger partial charge in [-0.3, -0.25) is 10.1 Å². The number of ether oxygens (including phenoxy) is 2. The van der Waals surface area contributed by atoms with Gasteiger partial charge in [-0.05, 0) is 12.2 Å². The van der Waals surface area contributed by atoms with Crippen LogP contribution in [0.15, 0.2) is 28.7 Å². The molecule has 0 saturated carbocycles. The van der Waals surface area contributed by atoms with Crippen LogP contribution < -0.4 is 10.6 Å². The van der Waals surface area contributed by atoms with Gasteiger partial charge in [-0.2, -0.15) is 0 Å². The third-order valence-electron chi connectivity index (χ3n) is 1.98. The van der Waals surface area contributed by atoms with E-state index in [-0.39, 0.29) is 30.6 Å². The highest BCUT2D eigenvalue weighted by molar-refractivity contribution is 5.88. The Hall–Kier alpha value is -2.12. The van der Waals surface area contributed by atoms with Crippen molar-refractivity contribution in [2.75, 3.05) is 13.1 Å². The lowest BCUT2D eigenvalue weighted by Gasteiger charge is -2.06. The Kier molecular flexibility index (Phi) is 2.94. The normalized spacial score (nSPS) is 28.0. The van der Waals surface area contributed by atoms with Crippen LogP contribution in [0.1, 0.15) is 0 Å². The fourth-order valence-corrected chi connectivity index (χ4v) is 1.33. The molecule has 1 saturated heterocycles. The second kappa shape index (κ2) is 4.40. The molecule has 0 atom stereocenters. The van der Waals surface area contributed by atoms with Gasteiger partial charge in [0.25, 0.3) is 0 Å². The number of hydrogen-bond donors (Lipinski definition) is 2. The number of carbonyl (C=O) groups excluding carboxylic acids is 1. The van der Waals surface area contributed by atoms with Gasteiger partial charge in [-0.1, -0.05) is 0 Å². The number of carbonyl (C=O) groups is 1. The second-order valence-electron chi connectivity index (χ2n) is 3.14. The van der Waals surface area contributed by atoms with Crippen molar-refractivity contribution in [3.63, 3.8) is 0 Å². The lowest BCUT2D eigenvalue weighted by atomic mass is 10.3. The molecular weight excluding hydrogens is 236 g/mol. The standard InChI is InChI=1S/C9H9F2N3O3/c10-9(11)16-6-1-3-12-8(14-5-15)13-4-2-7(6)17-9/h1-2,5H,3-4H2,(H2,12,13,14,15)/b6-1+,7-2+. The maximum atomic E-state index is 12.8. The Labute approximate surface area is 95.0 Å². The van der Waals surface area contributed by atoms with E-state index in [1.165, 1.54) is 12.2 Å². The molecule has 92 valence electrons. The van der Waals surface area contributed by atoms with Crippen molar-refractivity contribution in [3.8, 4) is 0 Å². The zero-order valence-electron chi connectivity index (χ0n) is 8.57. The number of amides is 1. The quantitative estimate of drug-likeness (QED) is 0.641. The predicted octanol–water partition coefficient (Wildman–Crippen LogP) is 0.0565. The number of hydrogen-bond acceptors (Lipinski definition) is 5. The molecule has 0 bridgehead atoms. The Morgan fingerprint density at radius 1 is 1.41 bits per heavy atom. The second-order valence-corrected chi connectivity index (χ2v) is 3.14. The number of alkyl halides is 2. The predicted molar refractivity (Wildman–Crippen MR) is 52.8 cm³/mol. The van der Waals surface area contributed by atoms with Crippen molar-refractivity contribution in [2.24, 2.45) is 4.99 Å². The molecule has 0 aromatic carbocycles. The van der Waals surface area contributed by atoms with Gasteiger partial charge >= 0.3 is 6.29 Å². The van der Waals surface area contributed by atoms with Crippen molar-refractivity contribution in [2.45, 2.75) is 6.29 Å². The molecule has 0 aliphatic carbocycles. The molecular formula is C9H9F2N3O3. The first-order chi connectivity index (χ1) is 8.11. The number of rotatable bonds is 1. The largest absolute Gasteiger partial charge is 0.586 e. The van der Waals surface area contributed by atoms with Gasteiger partial charge in [0, 0.05) is 6.54 Å². The molecule has 2 heterocycles. The highest BCUT2D eigenvalue weighted by Crippen LogP contribution is 2.36. The minimum atomic E-state index is -3.63. The number of guanidine groups is 1. The topological polar surface area (TPSA) is 72.0 Å². The molecule has 0 spiro atoms. The Morgan fingerprint density at radius 2 is 2.12 bits per heavy atom. The Balaban J connectivity index is 2.16. The molecule has 2 N–H and O–H groups in total. The van der Waals surface area contributed by atoms with E-state index in [2.05, 4.69) is 25.1 Å². The average molecular weight is 245 g/mol. The van der Waals surface area contributed by atoms with Crippen molar-refractivity contribution in [1.29, 1.82) is 0 Å². The van der Waals surface area contributed by atoms with Crippen molar-refractivity contribution < 1.29 is 23.0 Å². The summed E-state index contributed by atoms with van der Waals surface area (Å²) in [6, 6.07) is 0. The zero-order chi connectivity index (χ0) is 12.3. The lowest BCUT2D eigenvalue weighted by Crippen LogP contribution is -2.36. The fourth-order valence-electron chi connectivity index (χ4n) is 1.33. The smallest absolute Gasteiger partial charge is 0.396 e. The number of aliphatic imine (C=N–C) groups is 1. The lowest BCUT2D eigenvalue weighted by molar-refractivity contribution is -0.326. The van der Waals surface area contributed by atoms with Crippen LogP contribution >= 0.6 is 0 Å². The summed E-state index contributed by atoms with van der Waals surface area (Å²) in [6.45, 7) is 0.251. The van der Waals surface area contributed by atoms with E-state index in [4.69, 9.17) is 0 Å². The fraction of sp³-hybridized carbons (Fsp3) is 0.333. The summed E-state index contributed by atoms with van der Waals surface area (Å²) < 4.78 is 34.1. The minimum absolute atomic E-state index is 0.0509. The van der Waals surface area contributed by atoms with Gasteiger partial charge < -0.3 is 14.8 Å². The zero-order valence-corrected chi connectivity index (χ0v) is 8.57. The van der Waals surface area contributed by atoms with Gasteiger partial charge in [0.15, 0.2) is 17.5 Å². The van der Waals surface area contributed by atoms with E-state index in [0.29, 0.717) is 6.41 Å². The van der Waals surface area contributed by atoms with E-state index in [9.17, 15) is 13.6 Å². The summed E-state index contributed by atoms with van der Waals surface area (Å²) >= 11 is 0. The summed E-state index contributed by atoms with van der Waals surface area (Å²) in [5, 5.41) is 5.05. The van der Waals surface area contributed by atoms with E-state index in [1.807, 2.05) is 0 Å². The summed E-state index contributed by atoms with van der Waals surface area (Å²) in [4.78, 5) is 14.1. The number of nitrogens with zero attached hydrogens (tertiary/aromatic N) is 1. The van der Waals surface area contributed by atoms with Crippen LogP contribution in [0.3, 0.4) is 0 Å². The molecule has 1 amide bonds. The van der Waals surface area contributed by atoms with E-state index >= 15 is 0 Å². The van der Waals surface area contributed by atoms with Gasteiger partial charge in [0.1, 0.15) is 0 Å². The SMILES string of the molecule is O=CNC1=NC/C=C2/OC(F)(F)O/C2=C/CN1. The molecule has 2 aliphatic heterocycles. The highest BCUT2D eigenvalue weighted by atomic mass is 19.3. The van der Waals surface area contributed by atoms with Crippen molar-refractivity contribution in [1.82, 2.24) is 10.6 Å². The van der Waals surface area contributed by atoms with E-state index < -0.39 is 6.29 Å². The van der Waals surface area contributed by atoms with Crippen LogP contribution in [0.5, 0.6) is 0 Å². The third-order valence-corrected chi connectivity index (χ3v) is 1.98. The molecule has 0 aromatic rings. The maximum Gasteiger partial charge on any atom is 0.586 e. The molecule has 8 heteroatoms. The molecule has 0 aromatic heterocycles. The van der Waals surface area contributed by atoms with Gasteiger partial charge in [-0.25, -0.2) is 4.99 Å². The first kappa shape index (κ1) is 11.4. The first-order valence-corrected chi connectivity index (χ1v) is 4.76. The first-order valence-electron chi connectivity index (χ1n) is 4.76. The summed E-state index contributed by atoms with van der Waals surface area (Å²) in [7, 11) is 0. The third kappa shape index (κ3) is 2.71. The van der Waals surface area contributed by atoms with E-state index in [1.54, 1.807) is 0 Å². The number of halogens is 2. The molecule has 1 fully saturated rings. The molecule has 17 heavy (non-hydrogen) atoms. The van der Waals surface area contributed by atoms with Crippen LogP contribution in [0.2, 0.25) is 0 Å². The van der Waals surface area contributed by atoms with Gasteiger partial charge in [-0.15, -0.1) is 8.78 Å². The molecule has 2 aliphatic rings. The number of nitrogens with one attached hydrogen (secondary N) is 2. The van der Waals surface area contributed by atoms with Crippen LogP contribution in [-0.4, -0.2) is 31.8 Å². The van der Waals surface area contributed by atoms with Crippen LogP contribution in [0.25, 0.3) is 0 Å². The molecule has 6 nitrogen and oxygen atoms in total. The average Bonchev–Trinajstić information content (AvgIpc) is 2.55. The Bertz CT molecular complexity index is 418. The van der Waals surface area contributed by atoms with Crippen LogP contribution in [0.4, 0.5) is 8.78 Å².